The molecule has 0 N–H and O–H groups in total. The van der Waals surface area contributed by atoms with Gasteiger partial charge in [0.05, 0.1) is 15.5 Å². The third-order valence-corrected chi connectivity index (χ3v) is 6.29. The molecule has 9 heteroatoms. The molecule has 0 spiro atoms. The first-order valence-electron chi connectivity index (χ1n) is 9.41. The Labute approximate surface area is 198 Å². The lowest BCUT2D eigenvalue weighted by Crippen LogP contribution is -2.27. The van der Waals surface area contributed by atoms with E-state index < -0.39 is 4.92 Å². The van der Waals surface area contributed by atoms with Gasteiger partial charge in [-0.1, -0.05) is 72.0 Å². The van der Waals surface area contributed by atoms with Gasteiger partial charge in [-0.15, -0.1) is 0 Å². The average molecular weight is 483 g/mol. The van der Waals surface area contributed by atoms with Crippen molar-refractivity contribution in [2.45, 2.75) is 6.61 Å². The van der Waals surface area contributed by atoms with E-state index in [9.17, 15) is 14.9 Å². The maximum Gasteiger partial charge on any atom is 0.271 e. The van der Waals surface area contributed by atoms with Gasteiger partial charge in [-0.3, -0.25) is 19.8 Å². The van der Waals surface area contributed by atoms with Gasteiger partial charge in [0.2, 0.25) is 0 Å². The maximum atomic E-state index is 12.9. The number of benzene rings is 3. The molecule has 0 bridgehead atoms. The van der Waals surface area contributed by atoms with Crippen LogP contribution in [0.5, 0.6) is 5.75 Å². The molecule has 160 valence electrons. The Morgan fingerprint density at radius 1 is 1.09 bits per heavy atom. The fourth-order valence-corrected chi connectivity index (χ4v) is 4.51. The quantitative estimate of drug-likeness (QED) is 0.179. The number of rotatable bonds is 6. The number of thioether (sulfide) groups is 1. The molecule has 1 fully saturated rings. The summed E-state index contributed by atoms with van der Waals surface area (Å²) in [5.41, 5.74) is 1.96. The molecule has 4 rings (SSSR count). The molecule has 0 aromatic heterocycles. The Kier molecular flexibility index (Phi) is 6.55. The molecule has 6 nitrogen and oxygen atoms in total. The Hall–Kier alpha value is -3.20. The lowest BCUT2D eigenvalue weighted by molar-refractivity contribution is -0.384. The number of nitro groups is 1. The lowest BCUT2D eigenvalue weighted by atomic mass is 10.2. The van der Waals surface area contributed by atoms with Gasteiger partial charge < -0.3 is 4.74 Å². The number of ether oxygens (including phenoxy) is 1. The van der Waals surface area contributed by atoms with E-state index in [2.05, 4.69) is 0 Å². The van der Waals surface area contributed by atoms with Crippen LogP contribution in [0.2, 0.25) is 5.02 Å². The summed E-state index contributed by atoms with van der Waals surface area (Å²) in [6.45, 7) is 0.348. The third-order valence-electron chi connectivity index (χ3n) is 4.62. The standard InChI is InChI=1S/C23H15ClN2O4S2/c24-20-7-2-1-4-16(20)14-30-19-10-8-15(9-11-19)12-21-22(27)25(23(31)32-21)17-5-3-6-18(13-17)26(28)29/h1-13H,14H2/b21-12-. The first-order chi connectivity index (χ1) is 15.4. The number of carbonyl (C=O) groups excluding carboxylic acids is 1. The van der Waals surface area contributed by atoms with Crippen LogP contribution in [-0.2, 0) is 11.4 Å². The van der Waals surface area contributed by atoms with Gasteiger partial charge in [-0.25, -0.2) is 0 Å². The molecule has 0 saturated carbocycles. The summed E-state index contributed by atoms with van der Waals surface area (Å²) in [5.74, 6) is 0.353. The predicted molar refractivity (Wildman–Crippen MR) is 131 cm³/mol. The number of amides is 1. The first kappa shape index (κ1) is 22.0. The van der Waals surface area contributed by atoms with Gasteiger partial charge >= 0.3 is 0 Å². The van der Waals surface area contributed by atoms with E-state index >= 15 is 0 Å². The van der Waals surface area contributed by atoms with E-state index in [1.807, 2.05) is 48.5 Å². The predicted octanol–water partition coefficient (Wildman–Crippen LogP) is 6.23. The second kappa shape index (κ2) is 9.52. The summed E-state index contributed by atoms with van der Waals surface area (Å²) in [6.07, 6.45) is 1.73. The highest BCUT2D eigenvalue weighted by Gasteiger charge is 2.33. The highest BCUT2D eigenvalue weighted by atomic mass is 35.5. The van der Waals surface area contributed by atoms with Crippen molar-refractivity contribution < 1.29 is 14.5 Å². The molecular weight excluding hydrogens is 468 g/mol. The number of hydrogen-bond donors (Lipinski definition) is 0. The molecule has 1 amide bonds. The number of non-ortho nitro benzene ring substituents is 1. The second-order valence-electron chi connectivity index (χ2n) is 6.74. The summed E-state index contributed by atoms with van der Waals surface area (Å²) in [5, 5.41) is 11.7. The zero-order valence-corrected chi connectivity index (χ0v) is 18.8. The van der Waals surface area contributed by atoms with Gasteiger partial charge in [-0.05, 0) is 35.9 Å². The fourth-order valence-electron chi connectivity index (χ4n) is 3.02. The molecule has 1 saturated heterocycles. The van der Waals surface area contributed by atoms with Crippen LogP contribution in [0.1, 0.15) is 11.1 Å². The smallest absolute Gasteiger partial charge is 0.271 e. The molecule has 0 unspecified atom stereocenters. The Morgan fingerprint density at radius 2 is 1.84 bits per heavy atom. The molecule has 32 heavy (non-hydrogen) atoms. The highest BCUT2D eigenvalue weighted by Crippen LogP contribution is 2.37. The van der Waals surface area contributed by atoms with Gasteiger partial charge in [0.1, 0.15) is 12.4 Å². The zero-order chi connectivity index (χ0) is 22.7. The fraction of sp³-hybridized carbons (Fsp3) is 0.0435. The molecule has 0 radical (unpaired) electrons. The van der Waals surface area contributed by atoms with Crippen molar-refractivity contribution in [1.29, 1.82) is 0 Å². The van der Waals surface area contributed by atoms with Crippen LogP contribution in [0.15, 0.2) is 77.7 Å². The van der Waals surface area contributed by atoms with Crippen molar-refractivity contribution >= 4 is 63.3 Å². The highest BCUT2D eigenvalue weighted by molar-refractivity contribution is 8.27. The minimum Gasteiger partial charge on any atom is -0.489 e. The van der Waals surface area contributed by atoms with Gasteiger partial charge in [0, 0.05) is 22.7 Å². The molecule has 0 aliphatic carbocycles. The summed E-state index contributed by atoms with van der Waals surface area (Å²) in [4.78, 5) is 25.2. The van der Waals surface area contributed by atoms with Crippen molar-refractivity contribution in [2.24, 2.45) is 0 Å². The molecular formula is C23H15ClN2O4S2. The van der Waals surface area contributed by atoms with Gasteiger partial charge in [0.15, 0.2) is 4.32 Å². The Bertz CT molecular complexity index is 1240. The number of hydrogen-bond acceptors (Lipinski definition) is 6. The van der Waals surface area contributed by atoms with E-state index in [1.165, 1.54) is 23.1 Å². The van der Waals surface area contributed by atoms with Crippen molar-refractivity contribution in [2.75, 3.05) is 4.90 Å². The average Bonchev–Trinajstić information content (AvgIpc) is 3.07. The van der Waals surface area contributed by atoms with E-state index in [-0.39, 0.29) is 11.6 Å². The number of nitro benzene ring substituents is 1. The van der Waals surface area contributed by atoms with Gasteiger partial charge in [0.25, 0.3) is 11.6 Å². The molecule has 0 atom stereocenters. The molecule has 1 aliphatic rings. The first-order valence-corrected chi connectivity index (χ1v) is 11.0. The number of carbonyl (C=O) groups is 1. The Morgan fingerprint density at radius 3 is 2.56 bits per heavy atom. The maximum absolute atomic E-state index is 12.9. The number of thiocarbonyl (C=S) groups is 1. The number of anilines is 1. The molecule has 1 heterocycles. The number of halogens is 1. The van der Waals surface area contributed by atoms with Crippen LogP contribution in [0.25, 0.3) is 6.08 Å². The summed E-state index contributed by atoms with van der Waals surface area (Å²) >= 11 is 12.6. The zero-order valence-electron chi connectivity index (χ0n) is 16.4. The topological polar surface area (TPSA) is 72.7 Å². The largest absolute Gasteiger partial charge is 0.489 e. The van der Waals surface area contributed by atoms with Crippen LogP contribution >= 0.6 is 35.6 Å². The molecule has 3 aromatic carbocycles. The summed E-state index contributed by atoms with van der Waals surface area (Å²) < 4.78 is 6.10. The minimum absolute atomic E-state index is 0.104. The van der Waals surface area contributed by atoms with Crippen molar-refractivity contribution in [3.63, 3.8) is 0 Å². The van der Waals surface area contributed by atoms with Crippen molar-refractivity contribution in [3.8, 4) is 5.75 Å². The normalized spacial score (nSPS) is 14.8. The summed E-state index contributed by atoms with van der Waals surface area (Å²) in [7, 11) is 0. The van der Waals surface area contributed by atoms with Gasteiger partial charge in [-0.2, -0.15) is 0 Å². The third kappa shape index (κ3) is 4.83. The minimum atomic E-state index is -0.508. The van der Waals surface area contributed by atoms with E-state index in [4.69, 9.17) is 28.6 Å². The molecule has 1 aliphatic heterocycles. The monoisotopic (exact) mass is 482 g/mol. The van der Waals surface area contributed by atoms with Crippen molar-refractivity contribution in [3.05, 3.63) is 104 Å². The second-order valence-corrected chi connectivity index (χ2v) is 8.83. The van der Waals surface area contributed by atoms with E-state index in [0.717, 1.165) is 22.9 Å². The summed E-state index contributed by atoms with van der Waals surface area (Å²) in [6, 6.07) is 20.6. The van der Waals surface area contributed by atoms with E-state index in [1.54, 1.807) is 12.1 Å². The van der Waals surface area contributed by atoms with Crippen LogP contribution in [0.3, 0.4) is 0 Å². The van der Waals surface area contributed by atoms with Crippen LogP contribution in [0.4, 0.5) is 11.4 Å². The van der Waals surface area contributed by atoms with Crippen molar-refractivity contribution in [1.82, 2.24) is 0 Å². The Balaban J connectivity index is 1.47. The SMILES string of the molecule is O=C1/C(=C/c2ccc(OCc3ccccc3Cl)cc2)SC(=S)N1c1cccc([N+](=O)[O-])c1. The number of nitrogens with zero attached hydrogens (tertiary/aromatic N) is 2. The van der Waals surface area contributed by atoms with E-state index in [0.29, 0.717) is 32.3 Å². The lowest BCUT2D eigenvalue weighted by Gasteiger charge is -2.13. The van der Waals surface area contributed by atoms with Crippen LogP contribution in [0, 0.1) is 10.1 Å². The molecule has 3 aromatic rings. The van der Waals surface area contributed by atoms with Crippen LogP contribution < -0.4 is 9.64 Å². The van der Waals surface area contributed by atoms with Crippen LogP contribution in [-0.4, -0.2) is 15.2 Å².